The number of hydrogen-bond acceptors (Lipinski definition) is 4. The standard InChI is InChI=1S/C20H26N2O3/c1-14-10-16(25-21-14)11-19(23)22-12-17(15-8-6-5-7-9-15)24-18(13-22)20(2,3)4/h5-10,17-18H,11-13H2,1-4H3/t17-,18+/m0/s1. The van der Waals surface area contributed by atoms with Gasteiger partial charge in [-0.1, -0.05) is 56.3 Å². The number of aromatic nitrogens is 1. The minimum absolute atomic E-state index is 0.0214. The molecule has 0 aliphatic carbocycles. The Labute approximate surface area is 148 Å². The summed E-state index contributed by atoms with van der Waals surface area (Å²) in [6.45, 7) is 9.45. The minimum Gasteiger partial charge on any atom is -0.366 e. The van der Waals surface area contributed by atoms with Crippen LogP contribution in [0.25, 0.3) is 0 Å². The second-order valence-corrected chi connectivity index (χ2v) is 7.80. The Morgan fingerprint density at radius 1 is 1.24 bits per heavy atom. The van der Waals surface area contributed by atoms with Gasteiger partial charge in [0.2, 0.25) is 5.91 Å². The van der Waals surface area contributed by atoms with Crippen LogP contribution in [0.3, 0.4) is 0 Å². The SMILES string of the molecule is Cc1cc(CC(=O)N2C[C@@H](c3ccccc3)O[C@@H](C(C)(C)C)C2)on1. The van der Waals surface area contributed by atoms with Crippen molar-refractivity contribution in [2.75, 3.05) is 13.1 Å². The zero-order valence-corrected chi connectivity index (χ0v) is 15.4. The number of ether oxygens (including phenoxy) is 1. The van der Waals surface area contributed by atoms with Crippen molar-refractivity contribution in [3.8, 4) is 0 Å². The Morgan fingerprint density at radius 2 is 1.96 bits per heavy atom. The number of amides is 1. The van der Waals surface area contributed by atoms with E-state index in [1.165, 1.54) is 0 Å². The molecule has 5 heteroatoms. The largest absolute Gasteiger partial charge is 0.366 e. The quantitative estimate of drug-likeness (QED) is 0.856. The van der Waals surface area contributed by atoms with E-state index in [1.54, 1.807) is 0 Å². The van der Waals surface area contributed by atoms with E-state index in [2.05, 4.69) is 38.1 Å². The molecule has 2 heterocycles. The van der Waals surface area contributed by atoms with Gasteiger partial charge >= 0.3 is 0 Å². The summed E-state index contributed by atoms with van der Waals surface area (Å²) in [7, 11) is 0. The second kappa shape index (κ2) is 7.00. The summed E-state index contributed by atoms with van der Waals surface area (Å²) in [5, 5.41) is 3.86. The van der Waals surface area contributed by atoms with E-state index in [9.17, 15) is 4.79 Å². The van der Waals surface area contributed by atoms with Crippen molar-refractivity contribution in [3.63, 3.8) is 0 Å². The van der Waals surface area contributed by atoms with E-state index in [0.29, 0.717) is 18.8 Å². The highest BCUT2D eigenvalue weighted by atomic mass is 16.5. The average Bonchev–Trinajstić information content (AvgIpc) is 2.99. The molecule has 2 atom stereocenters. The van der Waals surface area contributed by atoms with E-state index in [-0.39, 0.29) is 30.0 Å². The van der Waals surface area contributed by atoms with Gasteiger partial charge in [-0.15, -0.1) is 0 Å². The molecule has 0 N–H and O–H groups in total. The van der Waals surface area contributed by atoms with Gasteiger partial charge in [-0.05, 0) is 17.9 Å². The predicted octanol–water partition coefficient (Wildman–Crippen LogP) is 3.54. The number of carbonyl (C=O) groups excluding carboxylic acids is 1. The molecule has 1 aromatic heterocycles. The first kappa shape index (κ1) is 17.7. The van der Waals surface area contributed by atoms with Crippen LogP contribution < -0.4 is 0 Å². The zero-order valence-electron chi connectivity index (χ0n) is 15.4. The molecular formula is C20H26N2O3. The van der Waals surface area contributed by atoms with E-state index in [4.69, 9.17) is 9.26 Å². The maximum absolute atomic E-state index is 12.8. The monoisotopic (exact) mass is 342 g/mol. The van der Waals surface area contributed by atoms with Crippen LogP contribution in [-0.2, 0) is 16.0 Å². The van der Waals surface area contributed by atoms with Gasteiger partial charge in [0.05, 0.1) is 24.8 Å². The maximum atomic E-state index is 12.8. The van der Waals surface area contributed by atoms with Gasteiger partial charge in [0.1, 0.15) is 11.9 Å². The number of morpholine rings is 1. The maximum Gasteiger partial charge on any atom is 0.230 e. The van der Waals surface area contributed by atoms with Crippen LogP contribution in [0.15, 0.2) is 40.9 Å². The third-order valence-corrected chi connectivity index (χ3v) is 4.59. The molecule has 0 spiro atoms. The van der Waals surface area contributed by atoms with Crippen LogP contribution in [0.1, 0.15) is 43.9 Å². The number of rotatable bonds is 3. The Bertz CT molecular complexity index is 718. The summed E-state index contributed by atoms with van der Waals surface area (Å²) >= 11 is 0. The van der Waals surface area contributed by atoms with Crippen LogP contribution >= 0.6 is 0 Å². The molecule has 1 aromatic carbocycles. The lowest BCUT2D eigenvalue weighted by atomic mass is 9.87. The van der Waals surface area contributed by atoms with Crippen molar-refractivity contribution in [1.29, 1.82) is 0 Å². The lowest BCUT2D eigenvalue weighted by Crippen LogP contribution is -2.51. The molecule has 2 aromatic rings. The number of hydrogen-bond donors (Lipinski definition) is 0. The van der Waals surface area contributed by atoms with Crippen molar-refractivity contribution in [2.45, 2.75) is 46.3 Å². The summed E-state index contributed by atoms with van der Waals surface area (Å²) in [6, 6.07) is 11.9. The molecule has 1 aliphatic rings. The lowest BCUT2D eigenvalue weighted by Gasteiger charge is -2.43. The average molecular weight is 342 g/mol. The fraction of sp³-hybridized carbons (Fsp3) is 0.500. The fourth-order valence-electron chi connectivity index (χ4n) is 3.05. The highest BCUT2D eigenvalue weighted by Gasteiger charge is 2.37. The number of aryl methyl sites for hydroxylation is 1. The predicted molar refractivity (Wildman–Crippen MR) is 95.0 cm³/mol. The van der Waals surface area contributed by atoms with Crippen molar-refractivity contribution in [3.05, 3.63) is 53.4 Å². The molecule has 0 saturated carbocycles. The summed E-state index contributed by atoms with van der Waals surface area (Å²) in [4.78, 5) is 14.7. The normalized spacial score (nSPS) is 21.4. The third kappa shape index (κ3) is 4.28. The Morgan fingerprint density at radius 3 is 2.56 bits per heavy atom. The third-order valence-electron chi connectivity index (χ3n) is 4.59. The van der Waals surface area contributed by atoms with Gasteiger partial charge in [0, 0.05) is 12.6 Å². The van der Waals surface area contributed by atoms with Gasteiger partial charge in [-0.25, -0.2) is 0 Å². The van der Waals surface area contributed by atoms with Crippen LogP contribution in [0, 0.1) is 12.3 Å². The summed E-state index contributed by atoms with van der Waals surface area (Å²) in [5.41, 5.74) is 1.85. The van der Waals surface area contributed by atoms with Crippen molar-refractivity contribution in [2.24, 2.45) is 5.41 Å². The Hall–Kier alpha value is -2.14. The van der Waals surface area contributed by atoms with Crippen LogP contribution in [0.5, 0.6) is 0 Å². The fourth-order valence-corrected chi connectivity index (χ4v) is 3.05. The molecule has 25 heavy (non-hydrogen) atoms. The smallest absolute Gasteiger partial charge is 0.230 e. The first-order chi connectivity index (χ1) is 11.8. The van der Waals surface area contributed by atoms with Gasteiger partial charge in [-0.2, -0.15) is 0 Å². The first-order valence-electron chi connectivity index (χ1n) is 8.73. The zero-order chi connectivity index (χ0) is 18.0. The lowest BCUT2D eigenvalue weighted by molar-refractivity contribution is -0.156. The van der Waals surface area contributed by atoms with E-state index in [0.717, 1.165) is 11.3 Å². The van der Waals surface area contributed by atoms with Crippen LogP contribution in [-0.4, -0.2) is 35.2 Å². The van der Waals surface area contributed by atoms with E-state index >= 15 is 0 Å². The Kier molecular flexibility index (Phi) is 4.95. The molecule has 0 bridgehead atoms. The van der Waals surface area contributed by atoms with E-state index < -0.39 is 0 Å². The highest BCUT2D eigenvalue weighted by molar-refractivity contribution is 5.78. The number of nitrogens with zero attached hydrogens (tertiary/aromatic N) is 2. The minimum atomic E-state index is -0.111. The molecule has 1 fully saturated rings. The number of carbonyl (C=O) groups is 1. The molecule has 1 aliphatic heterocycles. The van der Waals surface area contributed by atoms with Crippen LogP contribution in [0.2, 0.25) is 0 Å². The van der Waals surface area contributed by atoms with Gasteiger partial charge in [0.25, 0.3) is 0 Å². The molecular weight excluding hydrogens is 316 g/mol. The number of benzene rings is 1. The van der Waals surface area contributed by atoms with Crippen LogP contribution in [0.4, 0.5) is 0 Å². The summed E-state index contributed by atoms with van der Waals surface area (Å²) in [6.07, 6.45) is 0.102. The molecule has 0 radical (unpaired) electrons. The molecule has 134 valence electrons. The summed E-state index contributed by atoms with van der Waals surface area (Å²) < 4.78 is 11.5. The first-order valence-corrected chi connectivity index (χ1v) is 8.73. The van der Waals surface area contributed by atoms with Gasteiger partial charge < -0.3 is 14.2 Å². The molecule has 5 nitrogen and oxygen atoms in total. The van der Waals surface area contributed by atoms with E-state index in [1.807, 2.05) is 36.1 Å². The van der Waals surface area contributed by atoms with Gasteiger partial charge in [-0.3, -0.25) is 4.79 Å². The molecule has 3 rings (SSSR count). The highest BCUT2D eigenvalue weighted by Crippen LogP contribution is 2.33. The molecule has 1 amide bonds. The van der Waals surface area contributed by atoms with Crippen molar-refractivity contribution >= 4 is 5.91 Å². The van der Waals surface area contributed by atoms with Crippen molar-refractivity contribution in [1.82, 2.24) is 10.1 Å². The summed E-state index contributed by atoms with van der Waals surface area (Å²) in [5.74, 6) is 0.659. The van der Waals surface area contributed by atoms with Gasteiger partial charge in [0.15, 0.2) is 0 Å². The molecule has 0 unspecified atom stereocenters. The topological polar surface area (TPSA) is 55.6 Å². The van der Waals surface area contributed by atoms with Crippen molar-refractivity contribution < 1.29 is 14.1 Å². The second-order valence-electron chi connectivity index (χ2n) is 7.80. The Balaban J connectivity index is 1.78. The molecule has 1 saturated heterocycles.